The first kappa shape index (κ1) is 13.5. The van der Waals surface area contributed by atoms with Crippen LogP contribution in [0.25, 0.3) is 0 Å². The van der Waals surface area contributed by atoms with Crippen molar-refractivity contribution < 1.29 is 19.6 Å². The molecule has 1 N–H and O–H groups in total. The summed E-state index contributed by atoms with van der Waals surface area (Å²) in [6, 6.07) is 2.63. The van der Waals surface area contributed by atoms with Crippen molar-refractivity contribution in [2.75, 3.05) is 0 Å². The van der Waals surface area contributed by atoms with Crippen molar-refractivity contribution in [1.82, 2.24) is 14.8 Å². The van der Waals surface area contributed by atoms with E-state index in [-0.39, 0.29) is 5.88 Å². The molecule has 20 heavy (non-hydrogen) atoms. The molecule has 0 radical (unpaired) electrons. The lowest BCUT2D eigenvalue weighted by atomic mass is 10.2. The summed E-state index contributed by atoms with van der Waals surface area (Å²) in [5, 5.41) is 23.7. The molecule has 2 aromatic rings. The van der Waals surface area contributed by atoms with Crippen LogP contribution in [0.2, 0.25) is 0 Å². The number of hydrogen-bond donors (Lipinski definition) is 1. The molecule has 9 heteroatoms. The number of aryl methyl sites for hydroxylation is 2. The van der Waals surface area contributed by atoms with E-state index in [9.17, 15) is 14.9 Å². The molecule has 0 spiro atoms. The summed E-state index contributed by atoms with van der Waals surface area (Å²) < 4.78 is 6.80. The molecule has 0 unspecified atom stereocenters. The normalized spacial score (nSPS) is 10.3. The zero-order chi connectivity index (χ0) is 14.9. The van der Waals surface area contributed by atoms with E-state index < -0.39 is 22.1 Å². The van der Waals surface area contributed by atoms with Crippen LogP contribution in [0.1, 0.15) is 16.1 Å². The van der Waals surface area contributed by atoms with Gasteiger partial charge < -0.3 is 9.84 Å². The molecule has 104 valence electrons. The molecule has 9 nitrogen and oxygen atoms in total. The highest BCUT2D eigenvalue weighted by Gasteiger charge is 2.22. The van der Waals surface area contributed by atoms with Gasteiger partial charge in [-0.25, -0.2) is 14.5 Å². The Morgan fingerprint density at radius 1 is 1.50 bits per heavy atom. The van der Waals surface area contributed by atoms with Crippen LogP contribution in [-0.4, -0.2) is 30.8 Å². The number of carbonyl (C=O) groups is 1. The predicted octanol–water partition coefficient (Wildman–Crippen LogP) is 1.52. The maximum atomic E-state index is 11.0. The molecule has 2 rings (SSSR count). The molecular formula is C11H10N4O5. The van der Waals surface area contributed by atoms with Crippen molar-refractivity contribution in [3.05, 3.63) is 39.7 Å². The molecule has 2 heterocycles. The highest BCUT2D eigenvalue weighted by molar-refractivity contribution is 5.92. The molecule has 0 fully saturated rings. The van der Waals surface area contributed by atoms with Gasteiger partial charge in [0, 0.05) is 19.2 Å². The Labute approximate surface area is 112 Å². The topological polar surface area (TPSA) is 120 Å². The lowest BCUT2D eigenvalue weighted by Gasteiger charge is -2.05. The lowest BCUT2D eigenvalue weighted by molar-refractivity contribution is -0.385. The molecule has 0 saturated carbocycles. The number of pyridine rings is 1. The number of rotatable bonds is 4. The van der Waals surface area contributed by atoms with Crippen LogP contribution < -0.4 is 4.74 Å². The van der Waals surface area contributed by atoms with Crippen LogP contribution in [0.15, 0.2) is 18.3 Å². The van der Waals surface area contributed by atoms with E-state index in [0.717, 1.165) is 12.3 Å². The van der Waals surface area contributed by atoms with Gasteiger partial charge in [-0.1, -0.05) is 0 Å². The van der Waals surface area contributed by atoms with Crippen molar-refractivity contribution in [2.24, 2.45) is 7.05 Å². The maximum absolute atomic E-state index is 11.0. The zero-order valence-electron chi connectivity index (χ0n) is 10.6. The van der Waals surface area contributed by atoms with Gasteiger partial charge in [0.15, 0.2) is 0 Å². The Balaban J connectivity index is 2.39. The Morgan fingerprint density at radius 2 is 2.20 bits per heavy atom. The minimum absolute atomic E-state index is 0.0593. The quantitative estimate of drug-likeness (QED) is 0.664. The monoisotopic (exact) mass is 278 g/mol. The largest absolute Gasteiger partial charge is 0.477 e. The Bertz CT molecular complexity index is 694. The fourth-order valence-electron chi connectivity index (χ4n) is 1.59. The van der Waals surface area contributed by atoms with Gasteiger partial charge in [-0.3, -0.25) is 10.1 Å². The predicted molar refractivity (Wildman–Crippen MR) is 65.9 cm³/mol. The summed E-state index contributed by atoms with van der Waals surface area (Å²) in [5.74, 6) is -1.14. The van der Waals surface area contributed by atoms with Gasteiger partial charge in [-0.2, -0.15) is 5.10 Å². The molecule has 0 atom stereocenters. The van der Waals surface area contributed by atoms with Crippen molar-refractivity contribution in [2.45, 2.75) is 6.92 Å². The third kappa shape index (κ3) is 2.55. The number of carboxylic acid groups (broad SMARTS) is 1. The second kappa shape index (κ2) is 4.96. The third-order valence-corrected chi connectivity index (χ3v) is 2.45. The summed E-state index contributed by atoms with van der Waals surface area (Å²) in [6.45, 7) is 1.76. The molecule has 0 aliphatic heterocycles. The molecule has 0 bridgehead atoms. The average Bonchev–Trinajstić information content (AvgIpc) is 2.67. The van der Waals surface area contributed by atoms with E-state index in [1.54, 1.807) is 20.0 Å². The molecule has 2 aromatic heterocycles. The fraction of sp³-hybridized carbons (Fsp3) is 0.182. The zero-order valence-corrected chi connectivity index (χ0v) is 10.6. The van der Waals surface area contributed by atoms with Gasteiger partial charge in [0.05, 0.1) is 10.6 Å². The molecular weight excluding hydrogens is 268 g/mol. The number of aromatic carboxylic acids is 1. The third-order valence-electron chi connectivity index (χ3n) is 2.45. The second-order valence-corrected chi connectivity index (χ2v) is 3.95. The van der Waals surface area contributed by atoms with Crippen LogP contribution in [0.4, 0.5) is 5.69 Å². The highest BCUT2D eigenvalue weighted by atomic mass is 16.6. The van der Waals surface area contributed by atoms with E-state index in [4.69, 9.17) is 9.84 Å². The van der Waals surface area contributed by atoms with Crippen molar-refractivity contribution in [3.63, 3.8) is 0 Å². The minimum atomic E-state index is -1.43. The van der Waals surface area contributed by atoms with Gasteiger partial charge in [0.1, 0.15) is 11.8 Å². The molecule has 0 saturated heterocycles. The number of ether oxygens (including phenoxy) is 1. The summed E-state index contributed by atoms with van der Waals surface area (Å²) >= 11 is 0. The maximum Gasteiger partial charge on any atom is 0.342 e. The SMILES string of the molecule is Cc1cc(Oc2cc(C(=O)O)c([N+](=O)[O-])cn2)n(C)n1. The summed E-state index contributed by atoms with van der Waals surface area (Å²) in [6.07, 6.45) is 0.849. The molecule has 0 aliphatic rings. The number of aromatic nitrogens is 3. The summed E-state index contributed by atoms with van der Waals surface area (Å²) in [4.78, 5) is 24.6. The Hall–Kier alpha value is -2.97. The minimum Gasteiger partial charge on any atom is -0.477 e. The summed E-state index contributed by atoms with van der Waals surface area (Å²) in [5.41, 5.74) is -0.368. The van der Waals surface area contributed by atoms with Gasteiger partial charge in [-0.05, 0) is 6.92 Å². The highest BCUT2D eigenvalue weighted by Crippen LogP contribution is 2.25. The van der Waals surface area contributed by atoms with E-state index >= 15 is 0 Å². The van der Waals surface area contributed by atoms with Gasteiger partial charge in [0.2, 0.25) is 11.8 Å². The van der Waals surface area contributed by atoms with Crippen molar-refractivity contribution in [3.8, 4) is 11.8 Å². The molecule has 0 aromatic carbocycles. The van der Waals surface area contributed by atoms with E-state index in [2.05, 4.69) is 10.1 Å². The number of nitrogens with zero attached hydrogens (tertiary/aromatic N) is 4. The lowest BCUT2D eigenvalue weighted by Crippen LogP contribution is -2.04. The van der Waals surface area contributed by atoms with Crippen LogP contribution in [0.5, 0.6) is 11.8 Å². The van der Waals surface area contributed by atoms with Crippen LogP contribution >= 0.6 is 0 Å². The van der Waals surface area contributed by atoms with Gasteiger partial charge in [-0.15, -0.1) is 0 Å². The van der Waals surface area contributed by atoms with Crippen molar-refractivity contribution >= 4 is 11.7 Å². The Morgan fingerprint density at radius 3 is 2.70 bits per heavy atom. The number of carboxylic acids is 1. The van der Waals surface area contributed by atoms with Crippen LogP contribution in [0.3, 0.4) is 0 Å². The first-order chi connectivity index (χ1) is 9.38. The number of hydrogen-bond acceptors (Lipinski definition) is 6. The second-order valence-electron chi connectivity index (χ2n) is 3.95. The smallest absolute Gasteiger partial charge is 0.342 e. The van der Waals surface area contributed by atoms with Crippen LogP contribution in [-0.2, 0) is 7.05 Å². The Kier molecular flexibility index (Phi) is 3.34. The van der Waals surface area contributed by atoms with E-state index in [1.807, 2.05) is 0 Å². The van der Waals surface area contributed by atoms with Gasteiger partial charge >= 0.3 is 11.7 Å². The summed E-state index contributed by atoms with van der Waals surface area (Å²) in [7, 11) is 1.64. The van der Waals surface area contributed by atoms with Gasteiger partial charge in [0.25, 0.3) is 0 Å². The van der Waals surface area contributed by atoms with E-state index in [0.29, 0.717) is 11.6 Å². The van der Waals surface area contributed by atoms with E-state index in [1.165, 1.54) is 4.68 Å². The number of nitro groups is 1. The molecule has 0 aliphatic carbocycles. The fourth-order valence-corrected chi connectivity index (χ4v) is 1.59. The average molecular weight is 278 g/mol. The standard InChI is InChI=1S/C11H10N4O5/c1-6-3-10(14(2)13-6)20-9-4-7(11(16)17)8(5-12-9)15(18)19/h3-5H,1-2H3,(H,16,17). The first-order valence-electron chi connectivity index (χ1n) is 5.44. The van der Waals surface area contributed by atoms with Crippen molar-refractivity contribution in [1.29, 1.82) is 0 Å². The van der Waals surface area contributed by atoms with Crippen LogP contribution in [0, 0.1) is 17.0 Å². The first-order valence-corrected chi connectivity index (χ1v) is 5.44. The molecule has 0 amide bonds.